The van der Waals surface area contributed by atoms with E-state index in [-0.39, 0.29) is 11.6 Å². The minimum absolute atomic E-state index is 0.0222. The summed E-state index contributed by atoms with van der Waals surface area (Å²) in [6, 6.07) is 4.27. The average molecular weight is 278 g/mol. The fourth-order valence-electron chi connectivity index (χ4n) is 2.98. The summed E-state index contributed by atoms with van der Waals surface area (Å²) in [5, 5.41) is 0. The van der Waals surface area contributed by atoms with Crippen LogP contribution >= 0.6 is 0 Å². The molecule has 0 saturated carbocycles. The van der Waals surface area contributed by atoms with Gasteiger partial charge in [0, 0.05) is 37.1 Å². The second-order valence-electron chi connectivity index (χ2n) is 5.59. The quantitative estimate of drug-likeness (QED) is 0.599. The van der Waals surface area contributed by atoms with Gasteiger partial charge in [0.1, 0.15) is 0 Å². The molecule has 2 rings (SSSR count). The maximum atomic E-state index is 5.86. The van der Waals surface area contributed by atoms with Gasteiger partial charge in [-0.25, -0.2) is 0 Å². The minimum atomic E-state index is 0.0222. The fourth-order valence-corrected chi connectivity index (χ4v) is 2.98. The lowest BCUT2D eigenvalue weighted by atomic mass is 9.84. The van der Waals surface area contributed by atoms with Crippen LogP contribution in [0.25, 0.3) is 0 Å². The number of aromatic nitrogens is 1. The second-order valence-corrected chi connectivity index (χ2v) is 5.59. The fraction of sp³-hybridized carbons (Fsp3) is 0.667. The lowest BCUT2D eigenvalue weighted by Crippen LogP contribution is -2.63. The monoisotopic (exact) mass is 278 g/mol. The van der Waals surface area contributed by atoms with Crippen LogP contribution in [0.5, 0.6) is 0 Å². The Morgan fingerprint density at radius 2 is 2.25 bits per heavy atom. The highest BCUT2D eigenvalue weighted by Crippen LogP contribution is 2.26. The Kier molecular flexibility index (Phi) is 5.48. The molecule has 1 aromatic rings. The van der Waals surface area contributed by atoms with Crippen molar-refractivity contribution in [1.29, 1.82) is 0 Å². The first kappa shape index (κ1) is 15.4. The predicted molar refractivity (Wildman–Crippen MR) is 80.1 cm³/mol. The molecule has 2 heterocycles. The van der Waals surface area contributed by atoms with Gasteiger partial charge in [0.05, 0.1) is 13.2 Å². The minimum Gasteiger partial charge on any atom is -0.379 e. The molecule has 5 heteroatoms. The molecule has 3 N–H and O–H groups in total. The van der Waals surface area contributed by atoms with E-state index in [0.29, 0.717) is 0 Å². The van der Waals surface area contributed by atoms with Crippen LogP contribution in [0.15, 0.2) is 24.5 Å². The first-order valence-corrected chi connectivity index (χ1v) is 7.38. The van der Waals surface area contributed by atoms with E-state index >= 15 is 0 Å². The van der Waals surface area contributed by atoms with Crippen LogP contribution in [-0.2, 0) is 11.2 Å². The van der Waals surface area contributed by atoms with Crippen molar-refractivity contribution in [3.05, 3.63) is 30.1 Å². The maximum absolute atomic E-state index is 5.86. The molecule has 5 nitrogen and oxygen atoms in total. The van der Waals surface area contributed by atoms with Crippen LogP contribution in [0, 0.1) is 0 Å². The molecule has 1 aliphatic rings. The van der Waals surface area contributed by atoms with E-state index in [1.54, 1.807) is 6.20 Å². The van der Waals surface area contributed by atoms with Gasteiger partial charge in [0.2, 0.25) is 0 Å². The van der Waals surface area contributed by atoms with E-state index in [1.165, 1.54) is 5.56 Å². The van der Waals surface area contributed by atoms with Gasteiger partial charge in [-0.3, -0.25) is 21.2 Å². The van der Waals surface area contributed by atoms with Crippen LogP contribution in [0.4, 0.5) is 0 Å². The number of rotatable bonds is 6. The Morgan fingerprint density at radius 3 is 2.80 bits per heavy atom. The highest BCUT2D eigenvalue weighted by atomic mass is 16.5. The largest absolute Gasteiger partial charge is 0.379 e. The summed E-state index contributed by atoms with van der Waals surface area (Å²) in [6.45, 7) is 8.06. The second kappa shape index (κ2) is 7.13. The summed E-state index contributed by atoms with van der Waals surface area (Å²) in [7, 11) is 0. The zero-order chi connectivity index (χ0) is 14.4. The van der Waals surface area contributed by atoms with Gasteiger partial charge in [0.15, 0.2) is 0 Å². The Labute approximate surface area is 121 Å². The molecule has 20 heavy (non-hydrogen) atoms. The van der Waals surface area contributed by atoms with E-state index in [1.807, 2.05) is 12.3 Å². The third kappa shape index (κ3) is 3.35. The molecule has 0 bridgehead atoms. The van der Waals surface area contributed by atoms with E-state index in [2.05, 4.69) is 35.2 Å². The number of hydrogen-bond donors (Lipinski definition) is 2. The molecular weight excluding hydrogens is 252 g/mol. The van der Waals surface area contributed by atoms with E-state index in [0.717, 1.165) is 39.1 Å². The Hall–Kier alpha value is -1.01. The average Bonchev–Trinajstić information content (AvgIpc) is 2.53. The van der Waals surface area contributed by atoms with Crippen molar-refractivity contribution in [1.82, 2.24) is 15.3 Å². The van der Waals surface area contributed by atoms with Crippen LogP contribution < -0.4 is 11.3 Å². The lowest BCUT2D eigenvalue weighted by molar-refractivity contribution is -0.0322. The van der Waals surface area contributed by atoms with Crippen molar-refractivity contribution < 1.29 is 4.74 Å². The number of hydrazine groups is 1. The van der Waals surface area contributed by atoms with Crippen molar-refractivity contribution in [3.8, 4) is 0 Å². The molecule has 1 aliphatic heterocycles. The SMILES string of the molecule is CCC(C)(C(Cc1cccnc1)NN)N1CCOCC1. The molecule has 2 unspecified atom stereocenters. The number of nitrogens with two attached hydrogens (primary N) is 1. The van der Waals surface area contributed by atoms with Crippen LogP contribution in [-0.4, -0.2) is 47.8 Å². The van der Waals surface area contributed by atoms with E-state index in [4.69, 9.17) is 10.6 Å². The highest BCUT2D eigenvalue weighted by Gasteiger charge is 2.38. The molecule has 1 saturated heterocycles. The van der Waals surface area contributed by atoms with Gasteiger partial charge >= 0.3 is 0 Å². The summed E-state index contributed by atoms with van der Waals surface area (Å²) in [5.74, 6) is 5.86. The van der Waals surface area contributed by atoms with Crippen LogP contribution in [0.2, 0.25) is 0 Å². The van der Waals surface area contributed by atoms with E-state index < -0.39 is 0 Å². The van der Waals surface area contributed by atoms with Gasteiger partial charge < -0.3 is 4.74 Å². The molecule has 1 aromatic heterocycles. The van der Waals surface area contributed by atoms with Gasteiger partial charge in [-0.15, -0.1) is 0 Å². The number of morpholine rings is 1. The van der Waals surface area contributed by atoms with Crippen LogP contribution in [0.3, 0.4) is 0 Å². The Bertz CT molecular complexity index is 394. The molecule has 1 fully saturated rings. The van der Waals surface area contributed by atoms with Crippen molar-refractivity contribution in [2.45, 2.75) is 38.3 Å². The normalized spacial score (nSPS) is 21.4. The summed E-state index contributed by atoms with van der Waals surface area (Å²) in [4.78, 5) is 6.69. The van der Waals surface area contributed by atoms with Crippen molar-refractivity contribution >= 4 is 0 Å². The molecule has 112 valence electrons. The van der Waals surface area contributed by atoms with Crippen molar-refractivity contribution in [2.24, 2.45) is 5.84 Å². The third-order valence-corrected chi connectivity index (χ3v) is 4.56. The van der Waals surface area contributed by atoms with Gasteiger partial charge in [-0.2, -0.15) is 0 Å². The topological polar surface area (TPSA) is 63.4 Å². The standard InChI is InChI=1S/C15H26N4O/c1-3-15(2,19-7-9-20-10-8-19)14(18-16)11-13-5-4-6-17-12-13/h4-6,12,14,18H,3,7-11,16H2,1-2H3. The van der Waals surface area contributed by atoms with Gasteiger partial charge in [-0.05, 0) is 31.4 Å². The molecule has 2 atom stereocenters. The smallest absolute Gasteiger partial charge is 0.0594 e. The molecule has 0 aromatic carbocycles. The number of hydrogen-bond acceptors (Lipinski definition) is 5. The summed E-state index contributed by atoms with van der Waals surface area (Å²) in [6.07, 6.45) is 5.64. The molecule has 0 amide bonds. The summed E-state index contributed by atoms with van der Waals surface area (Å²) in [5.41, 5.74) is 4.26. The summed E-state index contributed by atoms with van der Waals surface area (Å²) >= 11 is 0. The molecule has 0 aliphatic carbocycles. The van der Waals surface area contributed by atoms with Gasteiger partial charge in [-0.1, -0.05) is 13.0 Å². The predicted octanol–water partition coefficient (Wildman–Crippen LogP) is 0.957. The zero-order valence-electron chi connectivity index (χ0n) is 12.5. The van der Waals surface area contributed by atoms with Gasteiger partial charge in [0.25, 0.3) is 0 Å². The number of ether oxygens (including phenoxy) is 1. The first-order chi connectivity index (χ1) is 9.70. The third-order valence-electron chi connectivity index (χ3n) is 4.56. The molecular formula is C15H26N4O. The first-order valence-electron chi connectivity index (χ1n) is 7.38. The van der Waals surface area contributed by atoms with E-state index in [9.17, 15) is 0 Å². The highest BCUT2D eigenvalue weighted by molar-refractivity contribution is 5.13. The number of nitrogens with zero attached hydrogens (tertiary/aromatic N) is 2. The summed E-state index contributed by atoms with van der Waals surface area (Å²) < 4.78 is 5.47. The molecule has 0 radical (unpaired) electrons. The molecule has 0 spiro atoms. The lowest BCUT2D eigenvalue weighted by Gasteiger charge is -2.47. The van der Waals surface area contributed by atoms with Crippen molar-refractivity contribution in [2.75, 3.05) is 26.3 Å². The number of pyridine rings is 1. The maximum Gasteiger partial charge on any atom is 0.0594 e. The van der Waals surface area contributed by atoms with Crippen LogP contribution in [0.1, 0.15) is 25.8 Å². The van der Waals surface area contributed by atoms with Crippen molar-refractivity contribution in [3.63, 3.8) is 0 Å². The number of nitrogens with one attached hydrogen (secondary N) is 1. The Balaban J connectivity index is 2.13. The zero-order valence-corrected chi connectivity index (χ0v) is 12.5. The Morgan fingerprint density at radius 1 is 1.50 bits per heavy atom.